The number of aromatic amines is 1. The lowest BCUT2D eigenvalue weighted by atomic mass is 10.2. The van der Waals surface area contributed by atoms with Gasteiger partial charge in [0.2, 0.25) is 0 Å². The molecule has 19 heavy (non-hydrogen) atoms. The number of nitrogens with zero attached hydrogens (tertiary/aromatic N) is 2. The van der Waals surface area contributed by atoms with Gasteiger partial charge in [0, 0.05) is 22.8 Å². The van der Waals surface area contributed by atoms with E-state index in [1.54, 1.807) is 12.3 Å². The topological polar surface area (TPSA) is 101 Å². The van der Waals surface area contributed by atoms with Crippen LogP contribution in [0.1, 0.15) is 16.1 Å². The van der Waals surface area contributed by atoms with Gasteiger partial charge in [-0.25, -0.2) is 0 Å². The number of benzene rings is 1. The quantitative estimate of drug-likeness (QED) is 0.663. The molecule has 0 aliphatic carbocycles. The van der Waals surface area contributed by atoms with Gasteiger partial charge in [-0.1, -0.05) is 0 Å². The molecule has 0 aliphatic heterocycles. The number of rotatable bonds is 4. The largest absolute Gasteiger partial charge is 0.346 e. The van der Waals surface area contributed by atoms with Gasteiger partial charge < -0.3 is 5.32 Å². The Balaban J connectivity index is 2.14. The van der Waals surface area contributed by atoms with Crippen molar-refractivity contribution in [2.45, 2.75) is 6.54 Å². The van der Waals surface area contributed by atoms with Gasteiger partial charge in [-0.15, -0.1) is 0 Å². The molecule has 0 bridgehead atoms. The smallest absolute Gasteiger partial charge is 0.270 e. The molecule has 0 unspecified atom stereocenters. The zero-order valence-electron chi connectivity index (χ0n) is 9.59. The third-order valence-electron chi connectivity index (χ3n) is 2.40. The van der Waals surface area contributed by atoms with Gasteiger partial charge >= 0.3 is 0 Å². The molecule has 0 saturated carbocycles. The highest BCUT2D eigenvalue weighted by Gasteiger charge is 2.15. The molecule has 0 radical (unpaired) electrons. The first-order valence-corrected chi connectivity index (χ1v) is 6.07. The molecular formula is C11H9BrN4O3. The number of hydrogen-bond acceptors (Lipinski definition) is 4. The van der Waals surface area contributed by atoms with Crippen molar-refractivity contribution in [3.8, 4) is 0 Å². The maximum absolute atomic E-state index is 11.9. The fraction of sp³-hybridized carbons (Fsp3) is 0.0909. The lowest BCUT2D eigenvalue weighted by Crippen LogP contribution is -2.23. The molecular weight excluding hydrogens is 316 g/mol. The number of nitro benzene ring substituents is 1. The number of aromatic nitrogens is 2. The van der Waals surface area contributed by atoms with E-state index in [2.05, 4.69) is 31.4 Å². The van der Waals surface area contributed by atoms with E-state index in [4.69, 9.17) is 0 Å². The number of amides is 1. The Labute approximate surface area is 116 Å². The van der Waals surface area contributed by atoms with Gasteiger partial charge in [0.1, 0.15) is 0 Å². The Bertz CT molecular complexity index is 612. The summed E-state index contributed by atoms with van der Waals surface area (Å²) in [5.74, 6) is -0.398. The summed E-state index contributed by atoms with van der Waals surface area (Å²) in [7, 11) is 0. The van der Waals surface area contributed by atoms with Gasteiger partial charge in [0.15, 0.2) is 0 Å². The number of nitro groups is 1. The van der Waals surface area contributed by atoms with Gasteiger partial charge in [0.25, 0.3) is 11.6 Å². The molecule has 98 valence electrons. The van der Waals surface area contributed by atoms with Crippen LogP contribution in [0.5, 0.6) is 0 Å². The molecule has 1 aromatic carbocycles. The molecule has 1 heterocycles. The van der Waals surface area contributed by atoms with Crippen LogP contribution >= 0.6 is 15.9 Å². The summed E-state index contributed by atoms with van der Waals surface area (Å²) >= 11 is 3.20. The van der Waals surface area contributed by atoms with Crippen LogP contribution in [0.15, 0.2) is 34.9 Å². The molecule has 2 rings (SSSR count). The molecule has 0 spiro atoms. The first-order chi connectivity index (χ1) is 9.08. The summed E-state index contributed by atoms with van der Waals surface area (Å²) in [6, 6.07) is 5.76. The summed E-state index contributed by atoms with van der Waals surface area (Å²) in [6.07, 6.45) is 1.57. The predicted octanol–water partition coefficient (Wildman–Crippen LogP) is 2.01. The van der Waals surface area contributed by atoms with Crippen LogP contribution < -0.4 is 5.32 Å². The van der Waals surface area contributed by atoms with E-state index >= 15 is 0 Å². The van der Waals surface area contributed by atoms with Gasteiger partial charge in [0.05, 0.1) is 22.7 Å². The van der Waals surface area contributed by atoms with E-state index < -0.39 is 10.8 Å². The molecule has 8 heteroatoms. The van der Waals surface area contributed by atoms with Crippen LogP contribution in [0, 0.1) is 10.1 Å². The Morgan fingerprint density at radius 3 is 2.89 bits per heavy atom. The van der Waals surface area contributed by atoms with Gasteiger partial charge in [-0.3, -0.25) is 20.0 Å². The minimum Gasteiger partial charge on any atom is -0.346 e. The number of carbonyl (C=O) groups is 1. The molecule has 0 aliphatic rings. The van der Waals surface area contributed by atoms with E-state index in [0.717, 1.165) is 5.69 Å². The van der Waals surface area contributed by atoms with Crippen LogP contribution in [0.25, 0.3) is 0 Å². The van der Waals surface area contributed by atoms with E-state index in [1.165, 1.54) is 18.2 Å². The number of H-pyrrole nitrogens is 1. The van der Waals surface area contributed by atoms with E-state index in [0.29, 0.717) is 4.47 Å². The summed E-state index contributed by atoms with van der Waals surface area (Å²) in [6.45, 7) is 0.272. The zero-order valence-corrected chi connectivity index (χ0v) is 11.2. The molecule has 0 atom stereocenters. The highest BCUT2D eigenvalue weighted by molar-refractivity contribution is 9.10. The third kappa shape index (κ3) is 3.16. The number of nitrogens with one attached hydrogen (secondary N) is 2. The summed E-state index contributed by atoms with van der Waals surface area (Å²) < 4.78 is 0.500. The Kier molecular flexibility index (Phi) is 3.91. The fourth-order valence-electron chi connectivity index (χ4n) is 1.45. The zero-order chi connectivity index (χ0) is 13.8. The predicted molar refractivity (Wildman–Crippen MR) is 70.6 cm³/mol. The molecule has 2 N–H and O–H groups in total. The van der Waals surface area contributed by atoms with Crippen LogP contribution in [-0.4, -0.2) is 21.0 Å². The Morgan fingerprint density at radius 1 is 1.47 bits per heavy atom. The monoisotopic (exact) mass is 324 g/mol. The summed E-state index contributed by atoms with van der Waals surface area (Å²) in [5.41, 5.74) is 0.832. The first kappa shape index (κ1) is 13.2. The van der Waals surface area contributed by atoms with Crippen LogP contribution in [-0.2, 0) is 6.54 Å². The lowest BCUT2D eigenvalue weighted by Gasteiger charge is -2.05. The van der Waals surface area contributed by atoms with Crippen molar-refractivity contribution in [1.82, 2.24) is 15.5 Å². The lowest BCUT2D eigenvalue weighted by molar-refractivity contribution is -0.384. The minimum absolute atomic E-state index is 0.130. The van der Waals surface area contributed by atoms with Crippen molar-refractivity contribution in [2.75, 3.05) is 0 Å². The number of halogens is 1. The Morgan fingerprint density at radius 2 is 2.26 bits per heavy atom. The van der Waals surface area contributed by atoms with Crippen molar-refractivity contribution in [3.63, 3.8) is 0 Å². The normalized spacial score (nSPS) is 10.2. The SMILES string of the molecule is O=C(NCc1ccn[nH]1)c1cc([N+](=O)[O-])ccc1Br. The van der Waals surface area contributed by atoms with Gasteiger partial charge in [-0.2, -0.15) is 5.10 Å². The summed E-state index contributed by atoms with van der Waals surface area (Å²) in [4.78, 5) is 22.1. The maximum atomic E-state index is 11.9. The van der Waals surface area contributed by atoms with E-state index in [9.17, 15) is 14.9 Å². The molecule has 1 aromatic heterocycles. The fourth-order valence-corrected chi connectivity index (χ4v) is 1.88. The van der Waals surface area contributed by atoms with Crippen molar-refractivity contribution in [1.29, 1.82) is 0 Å². The Hall–Kier alpha value is -2.22. The average molecular weight is 325 g/mol. The van der Waals surface area contributed by atoms with Crippen molar-refractivity contribution in [3.05, 3.63) is 56.3 Å². The maximum Gasteiger partial charge on any atom is 0.270 e. The van der Waals surface area contributed by atoms with Crippen molar-refractivity contribution < 1.29 is 9.72 Å². The summed E-state index contributed by atoms with van der Waals surface area (Å²) in [5, 5.41) is 19.8. The van der Waals surface area contributed by atoms with E-state index in [-0.39, 0.29) is 17.8 Å². The van der Waals surface area contributed by atoms with E-state index in [1.807, 2.05) is 0 Å². The van der Waals surface area contributed by atoms with Crippen LogP contribution in [0.4, 0.5) is 5.69 Å². The molecule has 2 aromatic rings. The number of carbonyl (C=O) groups excluding carboxylic acids is 1. The minimum atomic E-state index is -0.544. The molecule has 0 saturated heterocycles. The van der Waals surface area contributed by atoms with Crippen molar-refractivity contribution in [2.24, 2.45) is 0 Å². The van der Waals surface area contributed by atoms with Crippen LogP contribution in [0.3, 0.4) is 0 Å². The van der Waals surface area contributed by atoms with Crippen molar-refractivity contribution >= 4 is 27.5 Å². The number of non-ortho nitro benzene ring substituents is 1. The first-order valence-electron chi connectivity index (χ1n) is 5.28. The molecule has 1 amide bonds. The highest BCUT2D eigenvalue weighted by Crippen LogP contribution is 2.22. The number of hydrogen-bond donors (Lipinski definition) is 2. The molecule has 0 fully saturated rings. The second-order valence-corrected chi connectivity index (χ2v) is 4.54. The second-order valence-electron chi connectivity index (χ2n) is 3.69. The third-order valence-corrected chi connectivity index (χ3v) is 3.09. The highest BCUT2D eigenvalue weighted by atomic mass is 79.9. The van der Waals surface area contributed by atoms with Gasteiger partial charge in [-0.05, 0) is 28.1 Å². The van der Waals surface area contributed by atoms with Crippen LogP contribution in [0.2, 0.25) is 0 Å². The second kappa shape index (κ2) is 5.61. The average Bonchev–Trinajstić information content (AvgIpc) is 2.89. The molecule has 7 nitrogen and oxygen atoms in total. The standard InChI is InChI=1S/C11H9BrN4O3/c12-10-2-1-8(16(18)19)5-9(10)11(17)13-6-7-3-4-14-15-7/h1-5H,6H2,(H,13,17)(H,14,15).